The van der Waals surface area contributed by atoms with E-state index in [1.165, 1.54) is 24.3 Å². The molecular weight excluding hydrogens is 419 g/mol. The van der Waals surface area contributed by atoms with Gasteiger partial charge in [-0.3, -0.25) is 10.1 Å². The summed E-state index contributed by atoms with van der Waals surface area (Å²) in [6.07, 6.45) is 1.96. The van der Waals surface area contributed by atoms with Gasteiger partial charge in [0.25, 0.3) is 5.69 Å². The highest BCUT2D eigenvalue weighted by Gasteiger charge is 2.15. The summed E-state index contributed by atoms with van der Waals surface area (Å²) in [4.78, 5) is 16.1. The Morgan fingerprint density at radius 3 is 2.65 bits per heavy atom. The SMILES string of the molecule is O=[N+]([O-])c1ccc(CN=C(NCCCSc2ccc(F)cc2)NCC2CCOC2)cc1. The van der Waals surface area contributed by atoms with Crippen molar-refractivity contribution in [3.05, 3.63) is 70.0 Å². The molecule has 1 aliphatic rings. The second kappa shape index (κ2) is 12.3. The van der Waals surface area contributed by atoms with Crippen LogP contribution in [0.2, 0.25) is 0 Å². The van der Waals surface area contributed by atoms with Gasteiger partial charge in [0, 0.05) is 42.6 Å². The monoisotopic (exact) mass is 446 g/mol. The number of aliphatic imine (C=N–C) groups is 1. The van der Waals surface area contributed by atoms with E-state index in [1.807, 2.05) is 0 Å². The van der Waals surface area contributed by atoms with Gasteiger partial charge in [-0.1, -0.05) is 12.1 Å². The minimum Gasteiger partial charge on any atom is -0.381 e. The van der Waals surface area contributed by atoms with Gasteiger partial charge in [-0.2, -0.15) is 0 Å². The largest absolute Gasteiger partial charge is 0.381 e. The minimum atomic E-state index is -0.408. The highest BCUT2D eigenvalue weighted by atomic mass is 32.2. The van der Waals surface area contributed by atoms with Crippen LogP contribution in [0.15, 0.2) is 58.4 Å². The molecule has 1 heterocycles. The number of nitrogens with zero attached hydrogens (tertiary/aromatic N) is 2. The molecule has 1 fully saturated rings. The lowest BCUT2D eigenvalue weighted by molar-refractivity contribution is -0.384. The molecule has 9 heteroatoms. The van der Waals surface area contributed by atoms with E-state index >= 15 is 0 Å². The van der Waals surface area contributed by atoms with Crippen LogP contribution in [-0.4, -0.2) is 42.9 Å². The van der Waals surface area contributed by atoms with Crippen molar-refractivity contribution in [1.29, 1.82) is 0 Å². The molecule has 0 amide bonds. The van der Waals surface area contributed by atoms with E-state index in [4.69, 9.17) is 4.74 Å². The van der Waals surface area contributed by atoms with E-state index < -0.39 is 4.92 Å². The molecule has 0 saturated carbocycles. The summed E-state index contributed by atoms with van der Waals surface area (Å²) >= 11 is 1.69. The second-order valence-corrected chi connectivity index (χ2v) is 8.45. The predicted molar refractivity (Wildman–Crippen MR) is 121 cm³/mol. The molecule has 2 aromatic carbocycles. The first kappa shape index (κ1) is 23.0. The van der Waals surface area contributed by atoms with Crippen molar-refractivity contribution in [2.45, 2.75) is 24.3 Å². The molecule has 3 rings (SSSR count). The van der Waals surface area contributed by atoms with Crippen molar-refractivity contribution < 1.29 is 14.1 Å². The first-order chi connectivity index (χ1) is 15.1. The maximum absolute atomic E-state index is 13.0. The average Bonchev–Trinajstić information content (AvgIpc) is 3.30. The number of halogens is 1. The van der Waals surface area contributed by atoms with Crippen LogP contribution in [-0.2, 0) is 11.3 Å². The molecule has 7 nitrogen and oxygen atoms in total. The number of thioether (sulfide) groups is 1. The summed E-state index contributed by atoms with van der Waals surface area (Å²) < 4.78 is 18.4. The van der Waals surface area contributed by atoms with Gasteiger partial charge in [0.1, 0.15) is 5.82 Å². The van der Waals surface area contributed by atoms with Crippen molar-refractivity contribution in [3.63, 3.8) is 0 Å². The van der Waals surface area contributed by atoms with Gasteiger partial charge in [0.05, 0.1) is 18.1 Å². The minimum absolute atomic E-state index is 0.0732. The zero-order chi connectivity index (χ0) is 21.9. The summed E-state index contributed by atoms with van der Waals surface area (Å²) in [6, 6.07) is 13.0. The fourth-order valence-electron chi connectivity index (χ4n) is 3.05. The molecular formula is C22H27FN4O3S. The predicted octanol–water partition coefficient (Wildman–Crippen LogP) is 3.99. The molecule has 0 aliphatic carbocycles. The van der Waals surface area contributed by atoms with Gasteiger partial charge in [-0.25, -0.2) is 9.38 Å². The Labute approximate surface area is 185 Å². The highest BCUT2D eigenvalue weighted by molar-refractivity contribution is 7.99. The van der Waals surface area contributed by atoms with E-state index in [0.29, 0.717) is 12.5 Å². The van der Waals surface area contributed by atoms with Crippen molar-refractivity contribution in [2.24, 2.45) is 10.9 Å². The third kappa shape index (κ3) is 8.18. The number of ether oxygens (including phenoxy) is 1. The van der Waals surface area contributed by atoms with Crippen LogP contribution in [0, 0.1) is 21.8 Å². The number of benzene rings is 2. The van der Waals surface area contributed by atoms with Crippen LogP contribution in [0.4, 0.5) is 10.1 Å². The number of nitro groups is 1. The molecule has 166 valence electrons. The third-order valence-corrected chi connectivity index (χ3v) is 5.94. The lowest BCUT2D eigenvalue weighted by atomic mass is 10.1. The van der Waals surface area contributed by atoms with Gasteiger partial charge in [-0.15, -0.1) is 11.8 Å². The van der Waals surface area contributed by atoms with Crippen LogP contribution < -0.4 is 10.6 Å². The number of nitrogens with one attached hydrogen (secondary N) is 2. The van der Waals surface area contributed by atoms with E-state index in [-0.39, 0.29) is 11.5 Å². The summed E-state index contributed by atoms with van der Waals surface area (Å²) in [7, 11) is 0. The molecule has 2 N–H and O–H groups in total. The van der Waals surface area contributed by atoms with E-state index in [1.54, 1.807) is 36.0 Å². The molecule has 0 spiro atoms. The molecule has 1 saturated heterocycles. The first-order valence-electron chi connectivity index (χ1n) is 10.3. The molecule has 31 heavy (non-hydrogen) atoms. The Kier molecular flexibility index (Phi) is 9.11. The molecule has 1 atom stereocenters. The lowest BCUT2D eigenvalue weighted by Gasteiger charge is -2.15. The third-order valence-electron chi connectivity index (χ3n) is 4.85. The standard InChI is InChI=1S/C22H27FN4O3S/c23-19-4-8-21(9-5-19)31-13-1-11-24-22(26-15-18-10-12-30-16-18)25-14-17-2-6-20(7-3-17)27(28)29/h2-9,18H,1,10-16H2,(H2,24,25,26). The Hall–Kier alpha value is -2.65. The van der Waals surface area contributed by atoms with Crippen molar-refractivity contribution >= 4 is 23.4 Å². The van der Waals surface area contributed by atoms with Crippen molar-refractivity contribution in [1.82, 2.24) is 10.6 Å². The Morgan fingerprint density at radius 1 is 1.19 bits per heavy atom. The van der Waals surface area contributed by atoms with Crippen LogP contribution in [0.3, 0.4) is 0 Å². The van der Waals surface area contributed by atoms with Gasteiger partial charge in [0.15, 0.2) is 5.96 Å². The number of rotatable bonds is 10. The summed E-state index contributed by atoms with van der Waals surface area (Å²) in [6.45, 7) is 3.53. The first-order valence-corrected chi connectivity index (χ1v) is 11.3. The summed E-state index contributed by atoms with van der Waals surface area (Å²) in [5, 5.41) is 17.5. The fraction of sp³-hybridized carbons (Fsp3) is 0.409. The number of hydrogen-bond donors (Lipinski definition) is 2. The Bertz CT molecular complexity index is 856. The van der Waals surface area contributed by atoms with Crippen molar-refractivity contribution in [2.75, 3.05) is 32.1 Å². The number of non-ortho nitro benzene ring substituents is 1. The maximum atomic E-state index is 13.0. The zero-order valence-corrected chi connectivity index (χ0v) is 18.1. The van der Waals surface area contributed by atoms with E-state index in [0.717, 1.165) is 61.3 Å². The zero-order valence-electron chi connectivity index (χ0n) is 17.3. The fourth-order valence-corrected chi connectivity index (χ4v) is 3.91. The summed E-state index contributed by atoms with van der Waals surface area (Å²) in [5.74, 6) is 1.88. The van der Waals surface area contributed by atoms with Gasteiger partial charge in [0.2, 0.25) is 0 Å². The van der Waals surface area contributed by atoms with Gasteiger partial charge < -0.3 is 15.4 Å². The second-order valence-electron chi connectivity index (χ2n) is 7.28. The molecule has 0 bridgehead atoms. The molecule has 2 aromatic rings. The van der Waals surface area contributed by atoms with Crippen LogP contribution >= 0.6 is 11.8 Å². The lowest BCUT2D eigenvalue weighted by Crippen LogP contribution is -2.40. The van der Waals surface area contributed by atoms with Crippen molar-refractivity contribution in [3.8, 4) is 0 Å². The molecule has 1 aliphatic heterocycles. The number of hydrogen-bond acceptors (Lipinski definition) is 5. The van der Waals surface area contributed by atoms with E-state index in [2.05, 4.69) is 15.6 Å². The topological polar surface area (TPSA) is 88.8 Å². The number of nitro benzene ring substituents is 1. The Morgan fingerprint density at radius 2 is 1.97 bits per heavy atom. The van der Waals surface area contributed by atoms with E-state index in [9.17, 15) is 14.5 Å². The number of guanidine groups is 1. The maximum Gasteiger partial charge on any atom is 0.269 e. The quantitative estimate of drug-likeness (QED) is 0.143. The van der Waals surface area contributed by atoms with Gasteiger partial charge >= 0.3 is 0 Å². The smallest absolute Gasteiger partial charge is 0.269 e. The molecule has 0 aromatic heterocycles. The molecule has 1 unspecified atom stereocenters. The molecule has 0 radical (unpaired) electrons. The highest BCUT2D eigenvalue weighted by Crippen LogP contribution is 2.18. The summed E-state index contributed by atoms with van der Waals surface area (Å²) in [5.41, 5.74) is 0.979. The van der Waals surface area contributed by atoms with Gasteiger partial charge in [-0.05, 0) is 48.4 Å². The normalized spacial score (nSPS) is 16.3. The Balaban J connectivity index is 1.47. The average molecular weight is 447 g/mol. The van der Waals surface area contributed by atoms with Crippen LogP contribution in [0.25, 0.3) is 0 Å². The van der Waals surface area contributed by atoms with Crippen LogP contribution in [0.1, 0.15) is 18.4 Å². The van der Waals surface area contributed by atoms with Crippen LogP contribution in [0.5, 0.6) is 0 Å².